The predicted molar refractivity (Wildman–Crippen MR) is 61.0 cm³/mol. The Labute approximate surface area is 95.7 Å². The topological polar surface area (TPSA) is 66.4 Å². The van der Waals surface area contributed by atoms with Gasteiger partial charge in [0.2, 0.25) is 5.91 Å². The van der Waals surface area contributed by atoms with Crippen LogP contribution in [0.1, 0.15) is 39.5 Å². The quantitative estimate of drug-likeness (QED) is 0.676. The van der Waals surface area contributed by atoms with Crippen molar-refractivity contribution < 1.29 is 14.7 Å². The molecule has 0 radical (unpaired) electrons. The number of carbonyl (C=O) groups is 2. The standard InChI is InChI=1S/C12H19NO3/c1-3-4-8(2)12(16)13-10(7-11(14)15)9-5-6-9/h4,9-10H,3,5-7H2,1-2H3,(H,13,16)(H,14,15)/b8-4-. The lowest BCUT2D eigenvalue weighted by Gasteiger charge is -2.16. The minimum Gasteiger partial charge on any atom is -0.481 e. The molecule has 1 rings (SSSR count). The first kappa shape index (κ1) is 12.7. The first-order chi connectivity index (χ1) is 7.54. The van der Waals surface area contributed by atoms with Crippen molar-refractivity contribution in [1.82, 2.24) is 5.32 Å². The Hall–Kier alpha value is -1.32. The number of hydrogen-bond acceptors (Lipinski definition) is 2. The number of hydrogen-bond donors (Lipinski definition) is 2. The molecule has 2 N–H and O–H groups in total. The number of amides is 1. The highest BCUT2D eigenvalue weighted by Gasteiger charge is 2.33. The van der Waals surface area contributed by atoms with Crippen LogP contribution in [0, 0.1) is 5.92 Å². The van der Waals surface area contributed by atoms with Crippen LogP contribution in [0.15, 0.2) is 11.6 Å². The van der Waals surface area contributed by atoms with Gasteiger partial charge in [-0.15, -0.1) is 0 Å². The van der Waals surface area contributed by atoms with E-state index in [1.165, 1.54) is 0 Å². The van der Waals surface area contributed by atoms with E-state index in [-0.39, 0.29) is 18.4 Å². The van der Waals surface area contributed by atoms with Gasteiger partial charge >= 0.3 is 5.97 Å². The van der Waals surface area contributed by atoms with Crippen molar-refractivity contribution >= 4 is 11.9 Å². The van der Waals surface area contributed by atoms with Crippen molar-refractivity contribution in [2.75, 3.05) is 0 Å². The summed E-state index contributed by atoms with van der Waals surface area (Å²) < 4.78 is 0. The number of carbonyl (C=O) groups excluding carboxylic acids is 1. The molecular weight excluding hydrogens is 206 g/mol. The molecule has 90 valence electrons. The molecule has 1 amide bonds. The fourth-order valence-corrected chi connectivity index (χ4v) is 1.70. The van der Waals surface area contributed by atoms with Crippen LogP contribution in [0.2, 0.25) is 0 Å². The number of rotatable bonds is 6. The number of carboxylic acids is 1. The summed E-state index contributed by atoms with van der Waals surface area (Å²) >= 11 is 0. The highest BCUT2D eigenvalue weighted by Crippen LogP contribution is 2.34. The van der Waals surface area contributed by atoms with Crippen LogP contribution in [-0.2, 0) is 9.59 Å². The molecule has 1 saturated carbocycles. The Morgan fingerprint density at radius 3 is 2.56 bits per heavy atom. The molecule has 0 aromatic carbocycles. The summed E-state index contributed by atoms with van der Waals surface area (Å²) in [5.74, 6) is -0.635. The van der Waals surface area contributed by atoms with Gasteiger partial charge in [0.05, 0.1) is 6.42 Å². The predicted octanol–water partition coefficient (Wildman–Crippen LogP) is 1.71. The second-order valence-electron chi connectivity index (χ2n) is 4.31. The van der Waals surface area contributed by atoms with Gasteiger partial charge in [-0.05, 0) is 32.1 Å². The molecule has 1 aliphatic carbocycles. The van der Waals surface area contributed by atoms with E-state index < -0.39 is 5.97 Å². The van der Waals surface area contributed by atoms with E-state index in [1.807, 2.05) is 13.0 Å². The lowest BCUT2D eigenvalue weighted by molar-refractivity contribution is -0.137. The summed E-state index contributed by atoms with van der Waals surface area (Å²) in [6, 6.07) is -0.204. The first-order valence-electron chi connectivity index (χ1n) is 5.74. The lowest BCUT2D eigenvalue weighted by Crippen LogP contribution is -2.38. The molecule has 16 heavy (non-hydrogen) atoms. The van der Waals surface area contributed by atoms with Crippen LogP contribution in [-0.4, -0.2) is 23.0 Å². The molecule has 0 heterocycles. The molecule has 1 unspecified atom stereocenters. The molecule has 1 fully saturated rings. The van der Waals surface area contributed by atoms with E-state index in [0.717, 1.165) is 19.3 Å². The Balaban J connectivity index is 2.51. The average molecular weight is 225 g/mol. The summed E-state index contributed by atoms with van der Waals surface area (Å²) in [5, 5.41) is 11.6. The van der Waals surface area contributed by atoms with Crippen LogP contribution < -0.4 is 5.32 Å². The zero-order valence-electron chi connectivity index (χ0n) is 9.82. The maximum Gasteiger partial charge on any atom is 0.305 e. The van der Waals surface area contributed by atoms with Crippen LogP contribution in [0.3, 0.4) is 0 Å². The molecule has 0 aromatic heterocycles. The van der Waals surface area contributed by atoms with Crippen LogP contribution in [0.4, 0.5) is 0 Å². The average Bonchev–Trinajstić information content (AvgIpc) is 2.99. The van der Waals surface area contributed by atoms with Crippen LogP contribution in [0.5, 0.6) is 0 Å². The largest absolute Gasteiger partial charge is 0.481 e. The summed E-state index contributed by atoms with van der Waals surface area (Å²) in [6.45, 7) is 3.72. The van der Waals surface area contributed by atoms with E-state index >= 15 is 0 Å². The third-order valence-corrected chi connectivity index (χ3v) is 2.77. The maximum absolute atomic E-state index is 11.7. The van der Waals surface area contributed by atoms with Gasteiger partial charge in [-0.2, -0.15) is 0 Å². The summed E-state index contributed by atoms with van der Waals surface area (Å²) in [7, 11) is 0. The van der Waals surface area contributed by atoms with Crippen molar-refractivity contribution in [2.45, 2.75) is 45.6 Å². The smallest absolute Gasteiger partial charge is 0.305 e. The Morgan fingerprint density at radius 1 is 1.50 bits per heavy atom. The zero-order valence-corrected chi connectivity index (χ0v) is 9.82. The van der Waals surface area contributed by atoms with Gasteiger partial charge in [0, 0.05) is 11.6 Å². The van der Waals surface area contributed by atoms with E-state index in [2.05, 4.69) is 5.32 Å². The molecule has 0 aromatic rings. The van der Waals surface area contributed by atoms with Gasteiger partial charge in [-0.1, -0.05) is 13.0 Å². The van der Waals surface area contributed by atoms with Crippen LogP contribution >= 0.6 is 0 Å². The van der Waals surface area contributed by atoms with E-state index in [0.29, 0.717) is 11.5 Å². The molecular formula is C12H19NO3. The summed E-state index contributed by atoms with van der Waals surface area (Å²) in [6.07, 6.45) is 4.73. The zero-order chi connectivity index (χ0) is 12.1. The second-order valence-corrected chi connectivity index (χ2v) is 4.31. The highest BCUT2D eigenvalue weighted by molar-refractivity contribution is 5.93. The monoisotopic (exact) mass is 225 g/mol. The molecule has 4 heteroatoms. The first-order valence-corrected chi connectivity index (χ1v) is 5.74. The molecule has 4 nitrogen and oxygen atoms in total. The Morgan fingerprint density at radius 2 is 2.12 bits per heavy atom. The van der Waals surface area contributed by atoms with Gasteiger partial charge < -0.3 is 10.4 Å². The van der Waals surface area contributed by atoms with Gasteiger partial charge in [0.15, 0.2) is 0 Å². The molecule has 1 atom stereocenters. The SMILES string of the molecule is CC/C=C(/C)C(=O)NC(CC(=O)O)C1CC1. The highest BCUT2D eigenvalue weighted by atomic mass is 16.4. The number of allylic oxidation sites excluding steroid dienone is 1. The summed E-state index contributed by atoms with van der Waals surface area (Å²) in [4.78, 5) is 22.3. The fourth-order valence-electron chi connectivity index (χ4n) is 1.70. The number of nitrogens with one attached hydrogen (secondary N) is 1. The second kappa shape index (κ2) is 5.68. The van der Waals surface area contributed by atoms with Gasteiger partial charge in [-0.3, -0.25) is 9.59 Å². The maximum atomic E-state index is 11.7. The van der Waals surface area contributed by atoms with Crippen molar-refractivity contribution in [1.29, 1.82) is 0 Å². The lowest BCUT2D eigenvalue weighted by atomic mass is 10.1. The van der Waals surface area contributed by atoms with Crippen molar-refractivity contribution in [3.05, 3.63) is 11.6 Å². The minimum atomic E-state index is -0.852. The van der Waals surface area contributed by atoms with Crippen molar-refractivity contribution in [3.63, 3.8) is 0 Å². The minimum absolute atomic E-state index is 0.0236. The third kappa shape index (κ3) is 4.04. The van der Waals surface area contributed by atoms with Crippen molar-refractivity contribution in [3.8, 4) is 0 Å². The summed E-state index contributed by atoms with van der Waals surface area (Å²) in [5.41, 5.74) is 0.665. The molecule has 0 saturated heterocycles. The van der Waals surface area contributed by atoms with Crippen molar-refractivity contribution in [2.24, 2.45) is 5.92 Å². The van der Waals surface area contributed by atoms with E-state index in [4.69, 9.17) is 5.11 Å². The number of carboxylic acid groups (broad SMARTS) is 1. The Kier molecular flexibility index (Phi) is 4.52. The van der Waals surface area contributed by atoms with E-state index in [1.54, 1.807) is 6.92 Å². The molecule has 0 aliphatic heterocycles. The third-order valence-electron chi connectivity index (χ3n) is 2.77. The molecule has 0 bridgehead atoms. The normalized spacial score (nSPS) is 18.0. The van der Waals surface area contributed by atoms with Gasteiger partial charge in [-0.25, -0.2) is 0 Å². The number of aliphatic carboxylic acids is 1. The fraction of sp³-hybridized carbons (Fsp3) is 0.667. The molecule has 1 aliphatic rings. The van der Waals surface area contributed by atoms with Gasteiger partial charge in [0.25, 0.3) is 0 Å². The van der Waals surface area contributed by atoms with Gasteiger partial charge in [0.1, 0.15) is 0 Å². The van der Waals surface area contributed by atoms with Crippen LogP contribution in [0.25, 0.3) is 0 Å². The molecule has 0 spiro atoms. The van der Waals surface area contributed by atoms with E-state index in [9.17, 15) is 9.59 Å². The Bertz CT molecular complexity index is 305.